The largest absolute Gasteiger partial charge is 0.506 e. The molecule has 25 heavy (non-hydrogen) atoms. The number of hydrogen-bond donors (Lipinski definition) is 4. The van der Waals surface area contributed by atoms with Crippen LogP contribution >= 0.6 is 11.6 Å². The Morgan fingerprint density at radius 1 is 1.48 bits per heavy atom. The average molecular weight is 364 g/mol. The molecular formula is C19H26ClN3O2. The second-order valence-electron chi connectivity index (χ2n) is 8.24. The van der Waals surface area contributed by atoms with Crippen LogP contribution in [0.4, 0.5) is 0 Å². The SMILES string of the molecule is CC(C)(NC(=O)[C@H]1C[C@@H]2CNC[C@]2(C)C1)C(=N)c1cccc(Cl)c1O. The summed E-state index contributed by atoms with van der Waals surface area (Å²) in [6.07, 6.45) is 1.77. The minimum Gasteiger partial charge on any atom is -0.506 e. The van der Waals surface area contributed by atoms with E-state index in [1.807, 2.05) is 0 Å². The van der Waals surface area contributed by atoms with Gasteiger partial charge < -0.3 is 21.1 Å². The number of benzene rings is 1. The number of amides is 1. The standard InChI is InChI=1S/C19H26ClN3O2/c1-18(2,16(21)13-5-4-6-14(20)15(13)24)23-17(25)11-7-12-9-22-10-19(12,3)8-11/h4-6,11-12,21-22,24H,7-10H2,1-3H3,(H,23,25)/t11-,12+,19-/m0/s1. The Bertz CT molecular complexity index is 719. The number of fused-ring (bicyclic) bond motifs is 1. The van der Waals surface area contributed by atoms with Gasteiger partial charge in [-0.15, -0.1) is 0 Å². The maximum absolute atomic E-state index is 12.8. The maximum Gasteiger partial charge on any atom is 0.223 e. The molecule has 1 saturated carbocycles. The molecule has 0 bridgehead atoms. The predicted molar refractivity (Wildman–Crippen MR) is 99.4 cm³/mol. The van der Waals surface area contributed by atoms with Crippen LogP contribution in [0.3, 0.4) is 0 Å². The fourth-order valence-electron chi connectivity index (χ4n) is 4.25. The van der Waals surface area contributed by atoms with E-state index in [1.54, 1.807) is 32.0 Å². The summed E-state index contributed by atoms with van der Waals surface area (Å²) in [5.41, 5.74) is -0.203. The number of halogens is 1. The third-order valence-electron chi connectivity index (χ3n) is 5.87. The van der Waals surface area contributed by atoms with Gasteiger partial charge in [-0.2, -0.15) is 0 Å². The second-order valence-corrected chi connectivity index (χ2v) is 8.65. The van der Waals surface area contributed by atoms with Crippen molar-refractivity contribution in [2.45, 2.75) is 39.2 Å². The van der Waals surface area contributed by atoms with E-state index in [9.17, 15) is 9.90 Å². The first-order chi connectivity index (χ1) is 11.6. The smallest absolute Gasteiger partial charge is 0.223 e. The first kappa shape index (κ1) is 18.2. The Morgan fingerprint density at radius 3 is 2.88 bits per heavy atom. The first-order valence-corrected chi connectivity index (χ1v) is 9.11. The molecule has 5 nitrogen and oxygen atoms in total. The Labute approximate surface area is 153 Å². The van der Waals surface area contributed by atoms with Crippen molar-refractivity contribution in [3.8, 4) is 5.75 Å². The number of para-hydroxylation sites is 1. The molecule has 136 valence electrons. The highest BCUT2D eigenvalue weighted by Gasteiger charge is 2.49. The molecule has 4 N–H and O–H groups in total. The summed E-state index contributed by atoms with van der Waals surface area (Å²) < 4.78 is 0. The van der Waals surface area contributed by atoms with Gasteiger partial charge in [-0.25, -0.2) is 0 Å². The van der Waals surface area contributed by atoms with Gasteiger partial charge in [0.2, 0.25) is 5.91 Å². The quantitative estimate of drug-likeness (QED) is 0.620. The van der Waals surface area contributed by atoms with Crippen molar-refractivity contribution >= 4 is 23.2 Å². The van der Waals surface area contributed by atoms with Gasteiger partial charge in [-0.3, -0.25) is 4.79 Å². The Hall–Kier alpha value is -1.59. The summed E-state index contributed by atoms with van der Waals surface area (Å²) in [5.74, 6) is 0.400. The lowest BCUT2D eigenvalue weighted by Crippen LogP contribution is -2.51. The summed E-state index contributed by atoms with van der Waals surface area (Å²) in [7, 11) is 0. The first-order valence-electron chi connectivity index (χ1n) is 8.74. The van der Waals surface area contributed by atoms with Gasteiger partial charge in [0.05, 0.1) is 16.3 Å². The van der Waals surface area contributed by atoms with Crippen LogP contribution in [0.15, 0.2) is 18.2 Å². The zero-order valence-electron chi connectivity index (χ0n) is 14.9. The van der Waals surface area contributed by atoms with Crippen LogP contribution in [0.5, 0.6) is 5.75 Å². The Kier molecular flexibility index (Phi) is 4.58. The van der Waals surface area contributed by atoms with Gasteiger partial charge >= 0.3 is 0 Å². The highest BCUT2D eigenvalue weighted by molar-refractivity contribution is 6.32. The molecule has 1 aliphatic carbocycles. The van der Waals surface area contributed by atoms with Gasteiger partial charge in [0.25, 0.3) is 0 Å². The lowest BCUT2D eigenvalue weighted by molar-refractivity contribution is -0.126. The number of phenols is 1. The molecule has 1 aromatic rings. The van der Waals surface area contributed by atoms with E-state index in [2.05, 4.69) is 17.6 Å². The third kappa shape index (κ3) is 3.27. The number of aromatic hydroxyl groups is 1. The topological polar surface area (TPSA) is 85.2 Å². The average Bonchev–Trinajstić information content (AvgIpc) is 3.03. The molecule has 0 radical (unpaired) electrons. The van der Waals surface area contributed by atoms with Gasteiger partial charge in [0.1, 0.15) is 5.75 Å². The summed E-state index contributed by atoms with van der Waals surface area (Å²) in [6.45, 7) is 7.77. The molecule has 0 unspecified atom stereocenters. The van der Waals surface area contributed by atoms with Crippen molar-refractivity contribution < 1.29 is 9.90 Å². The van der Waals surface area contributed by atoms with Crippen LogP contribution in [0.1, 0.15) is 39.2 Å². The van der Waals surface area contributed by atoms with E-state index in [-0.39, 0.29) is 33.7 Å². The molecule has 2 aliphatic rings. The molecule has 0 spiro atoms. The molecule has 3 atom stereocenters. The summed E-state index contributed by atoms with van der Waals surface area (Å²) in [5, 5.41) is 25.2. The number of carbonyl (C=O) groups excluding carboxylic acids is 1. The number of hydrogen-bond acceptors (Lipinski definition) is 4. The number of rotatable bonds is 4. The van der Waals surface area contributed by atoms with Crippen molar-refractivity contribution in [3.63, 3.8) is 0 Å². The van der Waals surface area contributed by atoms with Crippen molar-refractivity contribution in [3.05, 3.63) is 28.8 Å². The van der Waals surface area contributed by atoms with E-state index in [4.69, 9.17) is 17.0 Å². The monoisotopic (exact) mass is 363 g/mol. The fraction of sp³-hybridized carbons (Fsp3) is 0.579. The van der Waals surface area contributed by atoms with E-state index in [0.717, 1.165) is 25.9 Å². The number of nitrogens with one attached hydrogen (secondary N) is 3. The van der Waals surface area contributed by atoms with Crippen molar-refractivity contribution in [2.75, 3.05) is 13.1 Å². The molecule has 1 aromatic carbocycles. The summed E-state index contributed by atoms with van der Waals surface area (Å²) in [4.78, 5) is 12.8. The predicted octanol–water partition coefficient (Wildman–Crippen LogP) is 2.94. The minimum atomic E-state index is -0.893. The van der Waals surface area contributed by atoms with Gasteiger partial charge in [0, 0.05) is 18.0 Å². The van der Waals surface area contributed by atoms with E-state index in [1.165, 1.54) is 0 Å². The molecule has 6 heteroatoms. The van der Waals surface area contributed by atoms with Gasteiger partial charge in [0.15, 0.2) is 0 Å². The third-order valence-corrected chi connectivity index (χ3v) is 6.18. The van der Waals surface area contributed by atoms with Crippen LogP contribution in [0.25, 0.3) is 0 Å². The van der Waals surface area contributed by atoms with Crippen LogP contribution in [0.2, 0.25) is 5.02 Å². The minimum absolute atomic E-state index is 0.00751. The molecule has 1 aliphatic heterocycles. The van der Waals surface area contributed by atoms with Crippen molar-refractivity contribution in [2.24, 2.45) is 17.3 Å². The molecule has 1 saturated heterocycles. The van der Waals surface area contributed by atoms with E-state index in [0.29, 0.717) is 11.5 Å². The normalized spacial score (nSPS) is 28.6. The second kappa shape index (κ2) is 6.29. The molecule has 1 amide bonds. The van der Waals surface area contributed by atoms with Crippen LogP contribution < -0.4 is 10.6 Å². The van der Waals surface area contributed by atoms with Crippen LogP contribution in [0, 0.1) is 22.7 Å². The fourth-order valence-corrected chi connectivity index (χ4v) is 4.42. The van der Waals surface area contributed by atoms with Gasteiger partial charge in [-0.1, -0.05) is 24.6 Å². The number of phenolic OH excluding ortho intramolecular Hbond substituents is 1. The zero-order valence-corrected chi connectivity index (χ0v) is 15.7. The van der Waals surface area contributed by atoms with Crippen molar-refractivity contribution in [1.29, 1.82) is 5.41 Å². The molecular weight excluding hydrogens is 338 g/mol. The number of carbonyl (C=O) groups is 1. The Balaban J connectivity index is 1.72. The maximum atomic E-state index is 12.8. The lowest BCUT2D eigenvalue weighted by Gasteiger charge is -2.29. The van der Waals surface area contributed by atoms with Crippen molar-refractivity contribution in [1.82, 2.24) is 10.6 Å². The summed E-state index contributed by atoms with van der Waals surface area (Å²) >= 11 is 5.95. The molecule has 2 fully saturated rings. The van der Waals surface area contributed by atoms with E-state index < -0.39 is 5.54 Å². The van der Waals surface area contributed by atoms with E-state index >= 15 is 0 Å². The highest BCUT2D eigenvalue weighted by Crippen LogP contribution is 2.48. The molecule has 0 aromatic heterocycles. The lowest BCUT2D eigenvalue weighted by atomic mass is 9.83. The van der Waals surface area contributed by atoms with Crippen LogP contribution in [-0.2, 0) is 4.79 Å². The molecule has 3 rings (SSSR count). The van der Waals surface area contributed by atoms with Gasteiger partial charge in [-0.05, 0) is 56.7 Å². The summed E-state index contributed by atoms with van der Waals surface area (Å²) in [6, 6.07) is 4.91. The molecule has 1 heterocycles. The zero-order chi connectivity index (χ0) is 18.4. The van der Waals surface area contributed by atoms with Crippen LogP contribution in [-0.4, -0.2) is 35.4 Å². The Morgan fingerprint density at radius 2 is 2.20 bits per heavy atom. The highest BCUT2D eigenvalue weighted by atomic mass is 35.5.